The first-order valence-electron chi connectivity index (χ1n) is 8.49. The molecule has 1 amide bonds. The summed E-state index contributed by atoms with van der Waals surface area (Å²) in [7, 11) is 0. The lowest BCUT2D eigenvalue weighted by atomic mass is 9.96. The minimum Gasteiger partial charge on any atom is -0.336 e. The molecule has 2 aromatic rings. The first-order valence-corrected chi connectivity index (χ1v) is 9.72. The highest BCUT2D eigenvalue weighted by Gasteiger charge is 2.28. The number of hydrogen-bond donors (Lipinski definition) is 0. The average molecular weight is 341 g/mol. The number of rotatable bonds is 5. The van der Waals surface area contributed by atoms with Crippen LogP contribution in [0.25, 0.3) is 0 Å². The summed E-state index contributed by atoms with van der Waals surface area (Å²) in [5.74, 6) is 0.123. The van der Waals surface area contributed by atoms with Gasteiger partial charge in [0, 0.05) is 30.7 Å². The van der Waals surface area contributed by atoms with E-state index in [0.717, 1.165) is 48.5 Å². The van der Waals surface area contributed by atoms with Crippen molar-refractivity contribution in [3.63, 3.8) is 0 Å². The van der Waals surface area contributed by atoms with E-state index in [0.29, 0.717) is 6.04 Å². The molecule has 3 rings (SSSR count). The number of carbonyl (C=O) groups is 1. The fourth-order valence-electron chi connectivity index (χ4n) is 3.30. The number of piperidine rings is 1. The molecule has 0 aliphatic carbocycles. The number of likely N-dealkylation sites (tertiary alicyclic amines) is 1. The fourth-order valence-corrected chi connectivity index (χ4v) is 3.84. The van der Waals surface area contributed by atoms with Gasteiger partial charge in [-0.25, -0.2) is 4.98 Å². The van der Waals surface area contributed by atoms with Crippen molar-refractivity contribution in [2.75, 3.05) is 12.8 Å². The summed E-state index contributed by atoms with van der Waals surface area (Å²) in [5, 5.41) is 0.816. The van der Waals surface area contributed by atoms with Crippen LogP contribution in [-0.2, 0) is 6.42 Å². The predicted octanol–water partition coefficient (Wildman–Crippen LogP) is 3.83. The Morgan fingerprint density at radius 3 is 2.88 bits per heavy atom. The molecule has 0 N–H and O–H groups in total. The summed E-state index contributed by atoms with van der Waals surface area (Å²) in [5.41, 5.74) is 1.83. The van der Waals surface area contributed by atoms with Crippen molar-refractivity contribution in [1.29, 1.82) is 0 Å². The Labute approximate surface area is 147 Å². The number of pyridine rings is 2. The van der Waals surface area contributed by atoms with Gasteiger partial charge in [-0.2, -0.15) is 0 Å². The molecule has 2 aromatic heterocycles. The first-order chi connectivity index (χ1) is 11.8. The maximum atomic E-state index is 13.1. The van der Waals surface area contributed by atoms with Gasteiger partial charge in [0.2, 0.25) is 0 Å². The van der Waals surface area contributed by atoms with Gasteiger partial charge in [-0.1, -0.05) is 6.07 Å². The van der Waals surface area contributed by atoms with Gasteiger partial charge in [0.05, 0.1) is 5.56 Å². The summed E-state index contributed by atoms with van der Waals surface area (Å²) in [6.07, 6.45) is 10.8. The van der Waals surface area contributed by atoms with Gasteiger partial charge in [-0.05, 0) is 62.6 Å². The van der Waals surface area contributed by atoms with Crippen molar-refractivity contribution in [2.45, 2.75) is 43.2 Å². The third kappa shape index (κ3) is 3.96. The molecule has 3 heterocycles. The Hall–Kier alpha value is -1.88. The van der Waals surface area contributed by atoms with E-state index in [1.54, 1.807) is 6.20 Å². The van der Waals surface area contributed by atoms with Crippen LogP contribution in [0.1, 0.15) is 41.7 Å². The van der Waals surface area contributed by atoms with Crippen LogP contribution in [0.3, 0.4) is 0 Å². The molecule has 0 spiro atoms. The SMILES string of the molecule is CSc1ncccc1C(=O)N1CCCCC1CCc1ccccn1. The molecule has 0 saturated carbocycles. The molecule has 1 fully saturated rings. The van der Waals surface area contributed by atoms with E-state index in [1.165, 1.54) is 18.2 Å². The molecular formula is C19H23N3OS. The minimum atomic E-state index is 0.123. The Morgan fingerprint density at radius 2 is 2.08 bits per heavy atom. The van der Waals surface area contributed by atoms with Crippen LogP contribution in [0.4, 0.5) is 0 Å². The molecule has 0 bridgehead atoms. The Kier molecular flexibility index (Phi) is 5.86. The van der Waals surface area contributed by atoms with Crippen LogP contribution >= 0.6 is 11.8 Å². The monoisotopic (exact) mass is 341 g/mol. The topological polar surface area (TPSA) is 46.1 Å². The molecule has 4 nitrogen and oxygen atoms in total. The Morgan fingerprint density at radius 1 is 1.21 bits per heavy atom. The van der Waals surface area contributed by atoms with Gasteiger partial charge < -0.3 is 4.90 Å². The van der Waals surface area contributed by atoms with E-state index in [1.807, 2.05) is 36.7 Å². The van der Waals surface area contributed by atoms with Crippen LogP contribution in [0.5, 0.6) is 0 Å². The van der Waals surface area contributed by atoms with Gasteiger partial charge in [0.25, 0.3) is 5.91 Å². The summed E-state index contributed by atoms with van der Waals surface area (Å²) in [6.45, 7) is 0.842. The fraction of sp³-hybridized carbons (Fsp3) is 0.421. The molecule has 126 valence electrons. The van der Waals surface area contributed by atoms with Crippen LogP contribution in [0, 0.1) is 0 Å². The highest BCUT2D eigenvalue weighted by atomic mass is 32.2. The van der Waals surface area contributed by atoms with E-state index in [4.69, 9.17) is 0 Å². The van der Waals surface area contributed by atoms with Crippen molar-refractivity contribution in [3.8, 4) is 0 Å². The maximum absolute atomic E-state index is 13.1. The molecule has 0 radical (unpaired) electrons. The van der Waals surface area contributed by atoms with E-state index >= 15 is 0 Å². The summed E-state index contributed by atoms with van der Waals surface area (Å²) in [6, 6.07) is 10.1. The van der Waals surface area contributed by atoms with E-state index in [-0.39, 0.29) is 5.91 Å². The molecule has 1 unspecified atom stereocenters. The van der Waals surface area contributed by atoms with Gasteiger partial charge >= 0.3 is 0 Å². The lowest BCUT2D eigenvalue weighted by Gasteiger charge is -2.36. The zero-order valence-corrected chi connectivity index (χ0v) is 14.8. The van der Waals surface area contributed by atoms with Gasteiger partial charge in [0.1, 0.15) is 5.03 Å². The molecule has 1 aliphatic heterocycles. The van der Waals surface area contributed by atoms with Crippen LogP contribution in [0.2, 0.25) is 0 Å². The second-order valence-corrected chi connectivity index (χ2v) is 6.86. The van der Waals surface area contributed by atoms with Crippen LogP contribution in [0.15, 0.2) is 47.8 Å². The first kappa shape index (κ1) is 17.0. The van der Waals surface area contributed by atoms with E-state index in [2.05, 4.69) is 20.9 Å². The maximum Gasteiger partial charge on any atom is 0.256 e. The largest absolute Gasteiger partial charge is 0.336 e. The number of nitrogens with zero attached hydrogens (tertiary/aromatic N) is 3. The molecule has 1 atom stereocenters. The number of hydrogen-bond acceptors (Lipinski definition) is 4. The summed E-state index contributed by atoms with van der Waals surface area (Å²) in [4.78, 5) is 23.9. The van der Waals surface area contributed by atoms with Gasteiger partial charge in [0.15, 0.2) is 0 Å². The van der Waals surface area contributed by atoms with E-state index in [9.17, 15) is 4.79 Å². The average Bonchev–Trinajstić information content (AvgIpc) is 2.67. The van der Waals surface area contributed by atoms with Crippen molar-refractivity contribution in [1.82, 2.24) is 14.9 Å². The molecule has 1 aliphatic rings. The number of aryl methyl sites for hydroxylation is 1. The molecule has 0 aromatic carbocycles. The minimum absolute atomic E-state index is 0.123. The van der Waals surface area contributed by atoms with Crippen molar-refractivity contribution in [3.05, 3.63) is 54.0 Å². The number of thioether (sulfide) groups is 1. The quantitative estimate of drug-likeness (QED) is 0.776. The molecule has 5 heteroatoms. The van der Waals surface area contributed by atoms with Crippen molar-refractivity contribution < 1.29 is 4.79 Å². The lowest BCUT2D eigenvalue weighted by Crippen LogP contribution is -2.44. The molecule has 1 saturated heterocycles. The highest BCUT2D eigenvalue weighted by Crippen LogP contribution is 2.26. The third-order valence-electron chi connectivity index (χ3n) is 4.54. The highest BCUT2D eigenvalue weighted by molar-refractivity contribution is 7.98. The number of aromatic nitrogens is 2. The zero-order chi connectivity index (χ0) is 16.8. The van der Waals surface area contributed by atoms with Crippen molar-refractivity contribution >= 4 is 17.7 Å². The Bertz CT molecular complexity index is 677. The molecule has 24 heavy (non-hydrogen) atoms. The summed E-state index contributed by atoms with van der Waals surface area (Å²) >= 11 is 1.53. The van der Waals surface area contributed by atoms with Gasteiger partial charge in [-0.15, -0.1) is 11.8 Å². The number of carbonyl (C=O) groups excluding carboxylic acids is 1. The third-order valence-corrected chi connectivity index (χ3v) is 5.25. The summed E-state index contributed by atoms with van der Waals surface area (Å²) < 4.78 is 0. The zero-order valence-electron chi connectivity index (χ0n) is 14.0. The second-order valence-electron chi connectivity index (χ2n) is 6.07. The standard InChI is InChI=1S/C19H23N3OS/c1-24-18-17(9-6-13-21-18)19(23)22-14-5-3-8-16(22)11-10-15-7-2-4-12-20-15/h2,4,6-7,9,12-13,16H,3,5,8,10-11,14H2,1H3. The second kappa shape index (κ2) is 8.29. The van der Waals surface area contributed by atoms with Crippen LogP contribution in [-0.4, -0.2) is 39.6 Å². The molecular weight excluding hydrogens is 318 g/mol. The van der Waals surface area contributed by atoms with E-state index < -0.39 is 0 Å². The predicted molar refractivity (Wildman–Crippen MR) is 97.3 cm³/mol. The number of amides is 1. The lowest BCUT2D eigenvalue weighted by molar-refractivity contribution is 0.0597. The Balaban J connectivity index is 1.73. The van der Waals surface area contributed by atoms with Gasteiger partial charge in [-0.3, -0.25) is 9.78 Å². The normalized spacial score (nSPS) is 17.7. The smallest absolute Gasteiger partial charge is 0.256 e. The van der Waals surface area contributed by atoms with Crippen molar-refractivity contribution in [2.24, 2.45) is 0 Å². The van der Waals surface area contributed by atoms with Crippen LogP contribution < -0.4 is 0 Å².